The Morgan fingerprint density at radius 3 is 2.59 bits per heavy atom. The quantitative estimate of drug-likeness (QED) is 0.526. The second kappa shape index (κ2) is 9.92. The van der Waals surface area contributed by atoms with Crippen molar-refractivity contribution < 1.29 is 19.4 Å². The summed E-state index contributed by atoms with van der Waals surface area (Å²) in [5.41, 5.74) is 2.35. The molecule has 0 amide bonds. The molecule has 3 N–H and O–H groups in total. The Hall–Kier alpha value is -2.34. The first kappa shape index (κ1) is 21.4. The van der Waals surface area contributed by atoms with Crippen molar-refractivity contribution in [2.45, 2.75) is 26.4 Å². The molecule has 0 spiro atoms. The topological polar surface area (TPSA) is 60.5 Å². The van der Waals surface area contributed by atoms with Gasteiger partial charge in [0.25, 0.3) is 0 Å². The van der Waals surface area contributed by atoms with Crippen LogP contribution in [0.25, 0.3) is 11.0 Å². The molecule has 3 aromatic rings. The molecule has 1 atom stereocenters. The Labute approximate surface area is 176 Å². The minimum atomic E-state index is -0.342. The fourth-order valence-corrected chi connectivity index (χ4v) is 4.19. The minimum absolute atomic E-state index is 0.283. The zero-order valence-corrected chi connectivity index (χ0v) is 18.0. The van der Waals surface area contributed by atoms with Gasteiger partial charge in [-0.05, 0) is 32.0 Å². The molecule has 1 heterocycles. The van der Waals surface area contributed by atoms with Crippen molar-refractivity contribution in [3.8, 4) is 5.75 Å². The highest BCUT2D eigenvalue weighted by Gasteiger charge is 2.25. The van der Waals surface area contributed by atoms with Crippen molar-refractivity contribution in [3.63, 3.8) is 0 Å². The van der Waals surface area contributed by atoms with Crippen molar-refractivity contribution in [2.75, 3.05) is 26.7 Å². The summed E-state index contributed by atoms with van der Waals surface area (Å²) in [7, 11) is 1.60. The van der Waals surface area contributed by atoms with Gasteiger partial charge in [-0.1, -0.05) is 29.8 Å². The molecule has 0 aliphatic carbocycles. The zero-order valence-electron chi connectivity index (χ0n) is 17.2. The first-order valence-corrected chi connectivity index (χ1v) is 10.5. The number of halogens is 1. The van der Waals surface area contributed by atoms with Crippen molar-refractivity contribution >= 4 is 22.6 Å². The van der Waals surface area contributed by atoms with Crippen molar-refractivity contribution in [1.29, 1.82) is 0 Å². The van der Waals surface area contributed by atoms with Gasteiger partial charge in [-0.2, -0.15) is 0 Å². The van der Waals surface area contributed by atoms with Gasteiger partial charge in [0, 0.05) is 33.7 Å². The molecule has 3 rings (SSSR count). The van der Waals surface area contributed by atoms with Crippen LogP contribution in [0, 0.1) is 0 Å². The number of hydrogen-bond acceptors (Lipinski definition) is 3. The van der Waals surface area contributed by atoms with Crippen LogP contribution in [0.5, 0.6) is 5.75 Å². The standard InChI is InChI=1S/C23H27ClN2O3/c1-4-26(5-2)21(19-8-6-7-9-20(19)24)15-25-14-16-12-23(27)29-22-13-17(28-3)10-11-18(16)22/h6-13,21,25H,4-5,14-15H2,1-3H3/p+2/t21-/m0/s1. The number of likely N-dealkylation sites (N-methyl/N-ethyl adjacent to an activating group) is 1. The SMILES string of the molecule is CC[NH+](CC)[C@@H](C[NH2+]Cc1cc(=O)oc2cc(OC)ccc12)c1ccccc1Cl. The van der Waals surface area contributed by atoms with E-state index in [1.807, 2.05) is 30.3 Å². The Morgan fingerprint density at radius 1 is 1.14 bits per heavy atom. The largest absolute Gasteiger partial charge is 0.497 e. The van der Waals surface area contributed by atoms with Gasteiger partial charge < -0.3 is 19.4 Å². The number of nitrogens with one attached hydrogen (secondary N) is 1. The Kier molecular flexibility index (Phi) is 7.31. The summed E-state index contributed by atoms with van der Waals surface area (Å²) in [5.74, 6) is 0.672. The average molecular weight is 417 g/mol. The number of hydrogen-bond donors (Lipinski definition) is 2. The predicted octanol–water partition coefficient (Wildman–Crippen LogP) is 2.18. The smallest absolute Gasteiger partial charge is 0.336 e. The van der Waals surface area contributed by atoms with E-state index < -0.39 is 0 Å². The number of benzene rings is 2. The molecule has 5 nitrogen and oxygen atoms in total. The van der Waals surface area contributed by atoms with Gasteiger partial charge in [-0.15, -0.1) is 0 Å². The molecule has 0 saturated heterocycles. The maximum atomic E-state index is 12.0. The Morgan fingerprint density at radius 2 is 1.90 bits per heavy atom. The summed E-state index contributed by atoms with van der Waals surface area (Å²) in [6.07, 6.45) is 0. The summed E-state index contributed by atoms with van der Waals surface area (Å²) in [6, 6.07) is 15.5. The molecule has 29 heavy (non-hydrogen) atoms. The number of nitrogens with two attached hydrogens (primary N) is 1. The first-order chi connectivity index (χ1) is 14.1. The van der Waals surface area contributed by atoms with Gasteiger partial charge in [0.05, 0.1) is 20.2 Å². The fraction of sp³-hybridized carbons (Fsp3) is 0.348. The average Bonchev–Trinajstić information content (AvgIpc) is 2.73. The third-order valence-corrected chi connectivity index (χ3v) is 5.83. The van der Waals surface area contributed by atoms with Crippen LogP contribution >= 0.6 is 11.6 Å². The van der Waals surface area contributed by atoms with E-state index in [0.29, 0.717) is 17.9 Å². The number of methoxy groups -OCH3 is 1. The molecular formula is C23H29ClN2O3+2. The van der Waals surface area contributed by atoms with Gasteiger partial charge in [-0.25, -0.2) is 4.79 Å². The van der Waals surface area contributed by atoms with Crippen LogP contribution < -0.4 is 20.6 Å². The number of rotatable bonds is 9. The van der Waals surface area contributed by atoms with Crippen LogP contribution in [-0.2, 0) is 6.54 Å². The van der Waals surface area contributed by atoms with E-state index >= 15 is 0 Å². The van der Waals surface area contributed by atoms with E-state index in [0.717, 1.165) is 35.6 Å². The summed E-state index contributed by atoms with van der Waals surface area (Å²) < 4.78 is 10.6. The van der Waals surface area contributed by atoms with Gasteiger partial charge in [-0.3, -0.25) is 0 Å². The van der Waals surface area contributed by atoms with Crippen LogP contribution in [0.1, 0.15) is 31.0 Å². The molecule has 0 fully saturated rings. The highest BCUT2D eigenvalue weighted by molar-refractivity contribution is 6.31. The predicted molar refractivity (Wildman–Crippen MR) is 116 cm³/mol. The van der Waals surface area contributed by atoms with E-state index in [-0.39, 0.29) is 11.7 Å². The summed E-state index contributed by atoms with van der Waals surface area (Å²) in [5, 5.41) is 3.99. The van der Waals surface area contributed by atoms with Gasteiger partial charge in [0.2, 0.25) is 0 Å². The number of quaternary nitrogens is 2. The molecule has 0 aliphatic rings. The normalized spacial score (nSPS) is 12.4. The van der Waals surface area contributed by atoms with Crippen LogP contribution in [0.2, 0.25) is 5.02 Å². The monoisotopic (exact) mass is 416 g/mol. The molecule has 0 bridgehead atoms. The maximum Gasteiger partial charge on any atom is 0.336 e. The minimum Gasteiger partial charge on any atom is -0.497 e. The van der Waals surface area contributed by atoms with Gasteiger partial charge >= 0.3 is 5.63 Å². The highest BCUT2D eigenvalue weighted by Crippen LogP contribution is 2.22. The third kappa shape index (κ3) is 4.99. The van der Waals surface area contributed by atoms with Crippen LogP contribution in [0.15, 0.2) is 57.7 Å². The van der Waals surface area contributed by atoms with Crippen LogP contribution in [-0.4, -0.2) is 26.7 Å². The summed E-state index contributed by atoms with van der Waals surface area (Å²) in [6.45, 7) is 8.02. The van der Waals surface area contributed by atoms with Gasteiger partial charge in [0.1, 0.15) is 24.4 Å². The lowest BCUT2D eigenvalue weighted by atomic mass is 10.0. The molecular weight excluding hydrogens is 388 g/mol. The van der Waals surface area contributed by atoms with Crippen LogP contribution in [0.4, 0.5) is 0 Å². The molecule has 0 aliphatic heterocycles. The number of ether oxygens (including phenoxy) is 1. The van der Waals surface area contributed by atoms with E-state index in [1.165, 1.54) is 10.5 Å². The van der Waals surface area contributed by atoms with E-state index in [9.17, 15) is 4.79 Å². The molecule has 154 valence electrons. The lowest BCUT2D eigenvalue weighted by Gasteiger charge is -2.26. The third-order valence-electron chi connectivity index (χ3n) is 5.49. The number of fused-ring (bicyclic) bond motifs is 1. The first-order valence-electron chi connectivity index (χ1n) is 10.1. The van der Waals surface area contributed by atoms with E-state index in [4.69, 9.17) is 20.8 Å². The molecule has 2 aromatic carbocycles. The molecule has 6 heteroatoms. The van der Waals surface area contributed by atoms with E-state index in [1.54, 1.807) is 19.2 Å². The summed E-state index contributed by atoms with van der Waals surface area (Å²) >= 11 is 6.51. The molecule has 0 unspecified atom stereocenters. The summed E-state index contributed by atoms with van der Waals surface area (Å²) in [4.78, 5) is 13.5. The van der Waals surface area contributed by atoms with Crippen LogP contribution in [0.3, 0.4) is 0 Å². The van der Waals surface area contributed by atoms with E-state index in [2.05, 4.69) is 25.2 Å². The second-order valence-corrected chi connectivity index (χ2v) is 7.53. The van der Waals surface area contributed by atoms with Crippen molar-refractivity contribution in [3.05, 3.63) is 75.1 Å². The molecule has 0 saturated carbocycles. The molecule has 0 radical (unpaired) electrons. The Bertz CT molecular complexity index is 1010. The Balaban J connectivity index is 1.82. The lowest BCUT2D eigenvalue weighted by Crippen LogP contribution is -3.14. The maximum absolute atomic E-state index is 12.0. The second-order valence-electron chi connectivity index (χ2n) is 7.12. The zero-order chi connectivity index (χ0) is 20.8. The van der Waals surface area contributed by atoms with Crippen molar-refractivity contribution in [2.24, 2.45) is 0 Å². The van der Waals surface area contributed by atoms with Crippen molar-refractivity contribution in [1.82, 2.24) is 0 Å². The lowest BCUT2D eigenvalue weighted by molar-refractivity contribution is -0.943. The molecule has 1 aromatic heterocycles. The fourth-order valence-electron chi connectivity index (χ4n) is 3.93. The van der Waals surface area contributed by atoms with Gasteiger partial charge in [0.15, 0.2) is 6.04 Å². The highest BCUT2D eigenvalue weighted by atomic mass is 35.5.